The Hall–Kier alpha value is -1.18. The van der Waals surface area contributed by atoms with Crippen LogP contribution in [0.3, 0.4) is 0 Å². The predicted molar refractivity (Wildman–Crippen MR) is 78.7 cm³/mol. The number of benzene rings is 1. The van der Waals surface area contributed by atoms with E-state index < -0.39 is 15.3 Å². The van der Waals surface area contributed by atoms with Gasteiger partial charge in [0.15, 0.2) is 0 Å². The van der Waals surface area contributed by atoms with Crippen molar-refractivity contribution in [3.63, 3.8) is 0 Å². The Morgan fingerprint density at radius 3 is 2.68 bits per heavy atom. The standard InChI is InChI=1S/C12H16N2O3S2/c13-12(18)9-2-1-3-10(8-9)14-19(15,16)11-4-6-17-7-5-11/h1-3,8,11,14H,4-7H2,(H2,13,18). The number of nitrogens with two attached hydrogens (primary N) is 1. The highest BCUT2D eigenvalue weighted by Crippen LogP contribution is 2.20. The van der Waals surface area contributed by atoms with Crippen molar-refractivity contribution < 1.29 is 13.2 Å². The normalized spacial score (nSPS) is 17.1. The lowest BCUT2D eigenvalue weighted by Crippen LogP contribution is -2.33. The molecule has 5 nitrogen and oxygen atoms in total. The Balaban J connectivity index is 2.15. The Morgan fingerprint density at radius 2 is 2.05 bits per heavy atom. The number of anilines is 1. The minimum absolute atomic E-state index is 0.243. The number of hydrogen-bond acceptors (Lipinski definition) is 4. The van der Waals surface area contributed by atoms with Crippen LogP contribution >= 0.6 is 12.2 Å². The fraction of sp³-hybridized carbons (Fsp3) is 0.417. The van der Waals surface area contributed by atoms with E-state index in [1.807, 2.05) is 0 Å². The van der Waals surface area contributed by atoms with Crippen LogP contribution in [0.25, 0.3) is 0 Å². The van der Waals surface area contributed by atoms with Crippen LogP contribution in [-0.2, 0) is 14.8 Å². The lowest BCUT2D eigenvalue weighted by molar-refractivity contribution is 0.0984. The third kappa shape index (κ3) is 3.65. The Kier molecular flexibility index (Phi) is 4.38. The molecule has 0 spiro atoms. The zero-order chi connectivity index (χ0) is 13.9. The van der Waals surface area contributed by atoms with Gasteiger partial charge in [0.25, 0.3) is 0 Å². The number of rotatable bonds is 4. The van der Waals surface area contributed by atoms with Crippen molar-refractivity contribution >= 4 is 32.9 Å². The maximum Gasteiger partial charge on any atom is 0.235 e. The van der Waals surface area contributed by atoms with Crippen molar-refractivity contribution in [1.29, 1.82) is 0 Å². The molecule has 0 atom stereocenters. The Labute approximate surface area is 118 Å². The number of hydrogen-bond donors (Lipinski definition) is 2. The van der Waals surface area contributed by atoms with Gasteiger partial charge in [0, 0.05) is 24.5 Å². The lowest BCUT2D eigenvalue weighted by atomic mass is 10.2. The number of ether oxygens (including phenoxy) is 1. The van der Waals surface area contributed by atoms with E-state index in [1.54, 1.807) is 24.3 Å². The molecule has 1 aliphatic heterocycles. The summed E-state index contributed by atoms with van der Waals surface area (Å²) in [5.41, 5.74) is 6.65. The minimum atomic E-state index is -3.39. The fourth-order valence-corrected chi connectivity index (χ4v) is 3.53. The predicted octanol–water partition coefficient (Wildman–Crippen LogP) is 1.24. The average molecular weight is 300 g/mol. The second kappa shape index (κ2) is 5.85. The summed E-state index contributed by atoms with van der Waals surface area (Å²) >= 11 is 4.87. The van der Waals surface area contributed by atoms with E-state index in [9.17, 15) is 8.42 Å². The van der Waals surface area contributed by atoms with Gasteiger partial charge in [0.2, 0.25) is 10.0 Å². The molecule has 1 aromatic rings. The van der Waals surface area contributed by atoms with E-state index in [2.05, 4.69) is 4.72 Å². The largest absolute Gasteiger partial charge is 0.389 e. The van der Waals surface area contributed by atoms with Gasteiger partial charge in [-0.25, -0.2) is 8.42 Å². The van der Waals surface area contributed by atoms with Crippen LogP contribution in [0.2, 0.25) is 0 Å². The molecule has 3 N–H and O–H groups in total. The van der Waals surface area contributed by atoms with Gasteiger partial charge in [-0.15, -0.1) is 0 Å². The van der Waals surface area contributed by atoms with E-state index in [0.29, 0.717) is 37.3 Å². The fourth-order valence-electron chi connectivity index (χ4n) is 1.97. The molecule has 7 heteroatoms. The van der Waals surface area contributed by atoms with Crippen LogP contribution in [0.5, 0.6) is 0 Å². The van der Waals surface area contributed by atoms with Gasteiger partial charge < -0.3 is 10.5 Å². The number of thiocarbonyl (C=S) groups is 1. The highest BCUT2D eigenvalue weighted by Gasteiger charge is 2.27. The first-order valence-corrected chi connectivity index (χ1v) is 7.94. The minimum Gasteiger partial charge on any atom is -0.389 e. The molecule has 1 aromatic carbocycles. The molecule has 0 aliphatic carbocycles. The monoisotopic (exact) mass is 300 g/mol. The molecule has 1 aliphatic rings. The summed E-state index contributed by atoms with van der Waals surface area (Å²) in [5.74, 6) is 0. The molecule has 104 valence electrons. The zero-order valence-corrected chi connectivity index (χ0v) is 12.0. The molecule has 0 radical (unpaired) electrons. The Morgan fingerprint density at radius 1 is 1.37 bits per heavy atom. The highest BCUT2D eigenvalue weighted by molar-refractivity contribution is 7.93. The van der Waals surface area contributed by atoms with Crippen LogP contribution in [0.4, 0.5) is 5.69 Å². The summed E-state index contributed by atoms with van der Waals surface area (Å²) in [4.78, 5) is 0.243. The molecule has 0 amide bonds. The molecule has 1 heterocycles. The van der Waals surface area contributed by atoms with Gasteiger partial charge in [-0.2, -0.15) is 0 Å². The third-order valence-corrected chi connectivity index (χ3v) is 5.12. The smallest absolute Gasteiger partial charge is 0.235 e. The number of sulfonamides is 1. The first-order chi connectivity index (χ1) is 8.99. The van der Waals surface area contributed by atoms with Crippen LogP contribution < -0.4 is 10.5 Å². The summed E-state index contributed by atoms with van der Waals surface area (Å²) in [6.45, 7) is 0.969. The summed E-state index contributed by atoms with van der Waals surface area (Å²) in [6, 6.07) is 6.78. The molecule has 1 fully saturated rings. The van der Waals surface area contributed by atoms with Crippen molar-refractivity contribution in [2.24, 2.45) is 5.73 Å². The van der Waals surface area contributed by atoms with E-state index in [0.717, 1.165) is 0 Å². The van der Waals surface area contributed by atoms with Crippen molar-refractivity contribution in [3.8, 4) is 0 Å². The van der Waals surface area contributed by atoms with Crippen molar-refractivity contribution in [3.05, 3.63) is 29.8 Å². The van der Waals surface area contributed by atoms with Gasteiger partial charge in [-0.05, 0) is 25.0 Å². The second-order valence-electron chi connectivity index (χ2n) is 4.40. The van der Waals surface area contributed by atoms with Crippen molar-refractivity contribution in [2.75, 3.05) is 17.9 Å². The van der Waals surface area contributed by atoms with Gasteiger partial charge in [0.05, 0.1) is 5.25 Å². The van der Waals surface area contributed by atoms with E-state index in [-0.39, 0.29) is 4.99 Å². The Bertz CT molecular complexity index is 566. The average Bonchev–Trinajstić information content (AvgIpc) is 2.39. The van der Waals surface area contributed by atoms with Gasteiger partial charge in [0.1, 0.15) is 4.99 Å². The maximum atomic E-state index is 12.2. The zero-order valence-electron chi connectivity index (χ0n) is 10.3. The molecule has 0 bridgehead atoms. The van der Waals surface area contributed by atoms with Gasteiger partial charge in [-0.3, -0.25) is 4.72 Å². The lowest BCUT2D eigenvalue weighted by Gasteiger charge is -2.22. The molecule has 0 saturated carbocycles. The molecule has 0 unspecified atom stereocenters. The second-order valence-corrected chi connectivity index (χ2v) is 6.80. The molecular formula is C12H16N2O3S2. The molecule has 2 rings (SSSR count). The molecule has 19 heavy (non-hydrogen) atoms. The van der Waals surface area contributed by atoms with E-state index in [1.165, 1.54) is 0 Å². The molecule has 0 aromatic heterocycles. The first-order valence-electron chi connectivity index (χ1n) is 5.98. The topological polar surface area (TPSA) is 81.4 Å². The van der Waals surface area contributed by atoms with Crippen molar-refractivity contribution in [1.82, 2.24) is 0 Å². The van der Waals surface area contributed by atoms with E-state index in [4.69, 9.17) is 22.7 Å². The van der Waals surface area contributed by atoms with Crippen molar-refractivity contribution in [2.45, 2.75) is 18.1 Å². The van der Waals surface area contributed by atoms with Crippen LogP contribution in [0.15, 0.2) is 24.3 Å². The van der Waals surface area contributed by atoms with Gasteiger partial charge in [-0.1, -0.05) is 24.4 Å². The SMILES string of the molecule is NC(=S)c1cccc(NS(=O)(=O)C2CCOCC2)c1. The maximum absolute atomic E-state index is 12.2. The summed E-state index contributed by atoms with van der Waals surface area (Å²) < 4.78 is 32.2. The summed E-state index contributed by atoms with van der Waals surface area (Å²) in [7, 11) is -3.39. The van der Waals surface area contributed by atoms with Crippen LogP contribution in [-0.4, -0.2) is 31.9 Å². The van der Waals surface area contributed by atoms with Crippen LogP contribution in [0, 0.1) is 0 Å². The summed E-state index contributed by atoms with van der Waals surface area (Å²) in [6.07, 6.45) is 1.04. The molecule has 1 saturated heterocycles. The van der Waals surface area contributed by atoms with Gasteiger partial charge >= 0.3 is 0 Å². The summed E-state index contributed by atoms with van der Waals surface area (Å²) in [5, 5.41) is -0.408. The molecular weight excluding hydrogens is 284 g/mol. The van der Waals surface area contributed by atoms with Crippen LogP contribution in [0.1, 0.15) is 18.4 Å². The van der Waals surface area contributed by atoms with E-state index >= 15 is 0 Å². The highest BCUT2D eigenvalue weighted by atomic mass is 32.2. The first kappa shape index (κ1) is 14.2. The quantitative estimate of drug-likeness (QED) is 0.818. The number of nitrogens with one attached hydrogen (secondary N) is 1. The third-order valence-electron chi connectivity index (χ3n) is 3.01.